The SMILES string of the molecule is CN=C(NCc1ccc(CN2CCCC2=O)cc1)NCC(C)Oc1ccccc1C. The number of rotatable bonds is 8. The van der Waals surface area contributed by atoms with Crippen LogP contribution in [0, 0.1) is 6.92 Å². The Morgan fingerprint density at radius 3 is 2.53 bits per heavy atom. The average Bonchev–Trinajstić information content (AvgIpc) is 3.15. The summed E-state index contributed by atoms with van der Waals surface area (Å²) < 4.78 is 6.00. The smallest absolute Gasteiger partial charge is 0.222 e. The van der Waals surface area contributed by atoms with Crippen molar-refractivity contribution >= 4 is 11.9 Å². The van der Waals surface area contributed by atoms with Gasteiger partial charge in [0, 0.05) is 33.1 Å². The lowest BCUT2D eigenvalue weighted by atomic mass is 10.1. The predicted octanol–water partition coefficient (Wildman–Crippen LogP) is 3.25. The highest BCUT2D eigenvalue weighted by molar-refractivity contribution is 5.79. The van der Waals surface area contributed by atoms with E-state index in [1.54, 1.807) is 7.05 Å². The summed E-state index contributed by atoms with van der Waals surface area (Å²) in [5.74, 6) is 1.91. The number of benzene rings is 2. The van der Waals surface area contributed by atoms with Crippen LogP contribution in [0.3, 0.4) is 0 Å². The predicted molar refractivity (Wildman–Crippen MR) is 121 cm³/mol. The van der Waals surface area contributed by atoms with Crippen LogP contribution >= 0.6 is 0 Å². The molecule has 160 valence electrons. The van der Waals surface area contributed by atoms with Gasteiger partial charge in [-0.25, -0.2) is 0 Å². The summed E-state index contributed by atoms with van der Waals surface area (Å²) in [7, 11) is 1.76. The van der Waals surface area contributed by atoms with Gasteiger partial charge in [-0.15, -0.1) is 0 Å². The molecule has 0 saturated carbocycles. The van der Waals surface area contributed by atoms with Crippen LogP contribution in [0.2, 0.25) is 0 Å². The molecule has 6 heteroatoms. The Kier molecular flexibility index (Phi) is 7.71. The van der Waals surface area contributed by atoms with Gasteiger partial charge in [0.05, 0.1) is 6.54 Å². The maximum absolute atomic E-state index is 11.8. The molecule has 30 heavy (non-hydrogen) atoms. The molecule has 1 aliphatic heterocycles. The standard InChI is InChI=1S/C24H32N4O2/c1-18-7-4-5-8-22(18)30-19(2)15-26-24(25-3)27-16-20-10-12-21(13-11-20)17-28-14-6-9-23(28)29/h4-5,7-8,10-13,19H,6,9,14-17H2,1-3H3,(H2,25,26,27). The van der Waals surface area contributed by atoms with Gasteiger partial charge in [-0.05, 0) is 43.0 Å². The first-order chi connectivity index (χ1) is 14.5. The van der Waals surface area contributed by atoms with E-state index in [1.807, 2.05) is 43.0 Å². The number of amides is 1. The van der Waals surface area contributed by atoms with Gasteiger partial charge in [-0.3, -0.25) is 9.79 Å². The minimum atomic E-state index is 0.0113. The molecule has 3 rings (SSSR count). The molecule has 2 N–H and O–H groups in total. The van der Waals surface area contributed by atoms with E-state index in [9.17, 15) is 4.79 Å². The summed E-state index contributed by atoms with van der Waals surface area (Å²) in [6.07, 6.45) is 1.67. The molecule has 1 saturated heterocycles. The quantitative estimate of drug-likeness (QED) is 0.520. The first kappa shape index (κ1) is 21.7. The fourth-order valence-electron chi connectivity index (χ4n) is 3.45. The van der Waals surface area contributed by atoms with E-state index in [0.29, 0.717) is 26.1 Å². The average molecular weight is 409 g/mol. The normalized spacial score (nSPS) is 15.2. The topological polar surface area (TPSA) is 66.0 Å². The van der Waals surface area contributed by atoms with Crippen LogP contribution in [0.4, 0.5) is 0 Å². The molecular formula is C24H32N4O2. The Hall–Kier alpha value is -3.02. The van der Waals surface area contributed by atoms with Gasteiger partial charge in [-0.1, -0.05) is 42.5 Å². The number of nitrogens with one attached hydrogen (secondary N) is 2. The molecule has 1 heterocycles. The number of carbonyl (C=O) groups excluding carboxylic acids is 1. The van der Waals surface area contributed by atoms with Crippen LogP contribution in [0.1, 0.15) is 36.5 Å². The summed E-state index contributed by atoms with van der Waals surface area (Å²) in [6.45, 7) is 6.98. The number of nitrogens with zero attached hydrogens (tertiary/aromatic N) is 2. The van der Waals surface area contributed by atoms with Crippen LogP contribution < -0.4 is 15.4 Å². The molecule has 0 aromatic heterocycles. The van der Waals surface area contributed by atoms with Crippen LogP contribution in [0.5, 0.6) is 5.75 Å². The Morgan fingerprint density at radius 2 is 1.87 bits per heavy atom. The van der Waals surface area contributed by atoms with Crippen molar-refractivity contribution in [2.75, 3.05) is 20.1 Å². The zero-order valence-corrected chi connectivity index (χ0v) is 18.1. The highest BCUT2D eigenvalue weighted by Gasteiger charge is 2.19. The number of guanidine groups is 1. The summed E-state index contributed by atoms with van der Waals surface area (Å²) in [5.41, 5.74) is 3.46. The molecule has 0 radical (unpaired) electrons. The second-order valence-corrected chi connectivity index (χ2v) is 7.74. The zero-order valence-electron chi connectivity index (χ0n) is 18.1. The first-order valence-corrected chi connectivity index (χ1v) is 10.6. The second kappa shape index (κ2) is 10.7. The molecule has 1 aliphatic rings. The Balaban J connectivity index is 1.42. The lowest BCUT2D eigenvalue weighted by Gasteiger charge is -2.19. The highest BCUT2D eigenvalue weighted by atomic mass is 16.5. The number of likely N-dealkylation sites (tertiary alicyclic amines) is 1. The molecule has 1 unspecified atom stereocenters. The summed E-state index contributed by atoms with van der Waals surface area (Å²) in [4.78, 5) is 18.0. The van der Waals surface area contributed by atoms with Crippen LogP contribution in [0.15, 0.2) is 53.5 Å². The van der Waals surface area contributed by atoms with Gasteiger partial charge >= 0.3 is 0 Å². The Bertz CT molecular complexity index is 864. The Labute approximate surface area is 179 Å². The van der Waals surface area contributed by atoms with Gasteiger partial charge in [-0.2, -0.15) is 0 Å². The third-order valence-corrected chi connectivity index (χ3v) is 5.23. The van der Waals surface area contributed by atoms with Gasteiger partial charge in [0.2, 0.25) is 5.91 Å². The summed E-state index contributed by atoms with van der Waals surface area (Å²) >= 11 is 0. The monoisotopic (exact) mass is 408 g/mol. The van der Waals surface area contributed by atoms with Crippen LogP contribution in [-0.2, 0) is 17.9 Å². The number of carbonyl (C=O) groups is 1. The van der Waals surface area contributed by atoms with E-state index >= 15 is 0 Å². The molecule has 1 atom stereocenters. The Morgan fingerprint density at radius 1 is 1.13 bits per heavy atom. The lowest BCUT2D eigenvalue weighted by molar-refractivity contribution is -0.128. The largest absolute Gasteiger partial charge is 0.489 e. The lowest BCUT2D eigenvalue weighted by Crippen LogP contribution is -2.41. The molecule has 1 amide bonds. The van der Waals surface area contributed by atoms with E-state index in [4.69, 9.17) is 4.74 Å². The third-order valence-electron chi connectivity index (χ3n) is 5.23. The van der Waals surface area contributed by atoms with Crippen molar-refractivity contribution in [3.05, 3.63) is 65.2 Å². The number of para-hydroxylation sites is 1. The van der Waals surface area contributed by atoms with Crippen molar-refractivity contribution < 1.29 is 9.53 Å². The van der Waals surface area contributed by atoms with Crippen molar-refractivity contribution in [2.45, 2.75) is 45.9 Å². The fraction of sp³-hybridized carbons (Fsp3) is 0.417. The first-order valence-electron chi connectivity index (χ1n) is 10.6. The van der Waals surface area contributed by atoms with E-state index in [1.165, 1.54) is 11.1 Å². The van der Waals surface area contributed by atoms with Crippen molar-refractivity contribution in [3.8, 4) is 5.75 Å². The maximum atomic E-state index is 11.8. The molecule has 2 aromatic rings. The van der Waals surface area contributed by atoms with Gasteiger partial charge in [0.15, 0.2) is 5.96 Å². The molecule has 2 aromatic carbocycles. The number of aliphatic imine (C=N–C) groups is 1. The van der Waals surface area contributed by atoms with Gasteiger partial charge < -0.3 is 20.3 Å². The minimum absolute atomic E-state index is 0.0113. The van der Waals surface area contributed by atoms with Crippen molar-refractivity contribution in [2.24, 2.45) is 4.99 Å². The van der Waals surface area contributed by atoms with Crippen molar-refractivity contribution in [1.29, 1.82) is 0 Å². The van der Waals surface area contributed by atoms with E-state index in [-0.39, 0.29) is 12.0 Å². The number of hydrogen-bond donors (Lipinski definition) is 2. The van der Waals surface area contributed by atoms with Gasteiger partial charge in [0.25, 0.3) is 0 Å². The number of ether oxygens (including phenoxy) is 1. The molecule has 1 fully saturated rings. The van der Waals surface area contributed by atoms with E-state index in [0.717, 1.165) is 30.2 Å². The summed E-state index contributed by atoms with van der Waals surface area (Å²) in [6, 6.07) is 16.4. The molecule has 6 nitrogen and oxygen atoms in total. The van der Waals surface area contributed by atoms with Crippen LogP contribution in [-0.4, -0.2) is 43.0 Å². The summed E-state index contributed by atoms with van der Waals surface area (Å²) in [5, 5.41) is 6.65. The van der Waals surface area contributed by atoms with Crippen molar-refractivity contribution in [3.63, 3.8) is 0 Å². The van der Waals surface area contributed by atoms with E-state index in [2.05, 4.69) is 39.9 Å². The molecule has 0 spiro atoms. The number of aryl methyl sites for hydroxylation is 1. The minimum Gasteiger partial charge on any atom is -0.489 e. The molecule has 0 bridgehead atoms. The second-order valence-electron chi connectivity index (χ2n) is 7.74. The highest BCUT2D eigenvalue weighted by Crippen LogP contribution is 2.17. The third kappa shape index (κ3) is 6.24. The fourth-order valence-corrected chi connectivity index (χ4v) is 3.45. The zero-order chi connectivity index (χ0) is 21.3. The van der Waals surface area contributed by atoms with Crippen molar-refractivity contribution in [1.82, 2.24) is 15.5 Å². The van der Waals surface area contributed by atoms with Gasteiger partial charge in [0.1, 0.15) is 11.9 Å². The molecule has 0 aliphatic carbocycles. The molecular weight excluding hydrogens is 376 g/mol. The maximum Gasteiger partial charge on any atom is 0.222 e. The van der Waals surface area contributed by atoms with E-state index < -0.39 is 0 Å². The number of hydrogen-bond acceptors (Lipinski definition) is 3. The van der Waals surface area contributed by atoms with Crippen LogP contribution in [0.25, 0.3) is 0 Å².